The molecule has 5 heteroatoms. The summed E-state index contributed by atoms with van der Waals surface area (Å²) in [7, 11) is 0. The SMILES string of the molecule is O=CNC1(CC(=O)O)CCN(Cc2ccccc2)CC1. The lowest BCUT2D eigenvalue weighted by Crippen LogP contribution is -2.53. The van der Waals surface area contributed by atoms with E-state index in [0.29, 0.717) is 19.3 Å². The van der Waals surface area contributed by atoms with Crippen molar-refractivity contribution in [3.63, 3.8) is 0 Å². The lowest BCUT2D eigenvalue weighted by atomic mass is 9.84. The van der Waals surface area contributed by atoms with Gasteiger partial charge in [-0.3, -0.25) is 14.5 Å². The fourth-order valence-corrected chi connectivity index (χ4v) is 2.77. The summed E-state index contributed by atoms with van der Waals surface area (Å²) in [4.78, 5) is 24.0. The molecule has 0 bridgehead atoms. The van der Waals surface area contributed by atoms with Crippen LogP contribution in [-0.2, 0) is 16.1 Å². The van der Waals surface area contributed by atoms with Crippen LogP contribution in [0, 0.1) is 0 Å². The van der Waals surface area contributed by atoms with Gasteiger partial charge in [-0.1, -0.05) is 30.3 Å². The van der Waals surface area contributed by atoms with Crippen molar-refractivity contribution in [2.75, 3.05) is 13.1 Å². The van der Waals surface area contributed by atoms with Crippen LogP contribution in [0.25, 0.3) is 0 Å². The highest BCUT2D eigenvalue weighted by Gasteiger charge is 2.36. The first kappa shape index (κ1) is 14.5. The van der Waals surface area contributed by atoms with Crippen LogP contribution >= 0.6 is 0 Å². The third-order valence-electron chi connectivity index (χ3n) is 3.92. The van der Waals surface area contributed by atoms with Crippen molar-refractivity contribution in [2.45, 2.75) is 31.3 Å². The molecule has 1 aliphatic rings. The summed E-state index contributed by atoms with van der Waals surface area (Å²) in [6.07, 6.45) is 1.95. The van der Waals surface area contributed by atoms with Gasteiger partial charge in [0.2, 0.25) is 6.41 Å². The molecule has 1 fully saturated rings. The van der Waals surface area contributed by atoms with Crippen LogP contribution in [0.2, 0.25) is 0 Å². The summed E-state index contributed by atoms with van der Waals surface area (Å²) in [6, 6.07) is 10.2. The van der Waals surface area contributed by atoms with Gasteiger partial charge in [0.05, 0.1) is 12.0 Å². The predicted molar refractivity (Wildman–Crippen MR) is 75.1 cm³/mol. The predicted octanol–water partition coefficient (Wildman–Crippen LogP) is 1.24. The second-order valence-electron chi connectivity index (χ2n) is 5.37. The molecule has 1 heterocycles. The Morgan fingerprint density at radius 1 is 1.30 bits per heavy atom. The van der Waals surface area contributed by atoms with E-state index in [2.05, 4.69) is 22.3 Å². The van der Waals surface area contributed by atoms with Crippen LogP contribution in [0.3, 0.4) is 0 Å². The van der Waals surface area contributed by atoms with Crippen LogP contribution in [0.15, 0.2) is 30.3 Å². The quantitative estimate of drug-likeness (QED) is 0.767. The van der Waals surface area contributed by atoms with Gasteiger partial charge in [-0.25, -0.2) is 0 Å². The van der Waals surface area contributed by atoms with Gasteiger partial charge in [-0.15, -0.1) is 0 Å². The Labute approximate surface area is 118 Å². The van der Waals surface area contributed by atoms with E-state index in [1.807, 2.05) is 18.2 Å². The van der Waals surface area contributed by atoms with Gasteiger partial charge in [-0.05, 0) is 18.4 Å². The molecular weight excluding hydrogens is 256 g/mol. The van der Waals surface area contributed by atoms with Gasteiger partial charge in [0.1, 0.15) is 0 Å². The van der Waals surface area contributed by atoms with Gasteiger partial charge in [-0.2, -0.15) is 0 Å². The molecule has 1 saturated heterocycles. The van der Waals surface area contributed by atoms with E-state index < -0.39 is 11.5 Å². The molecule has 1 aromatic rings. The Hall–Kier alpha value is -1.88. The Balaban J connectivity index is 1.92. The first-order valence-corrected chi connectivity index (χ1v) is 6.83. The number of carbonyl (C=O) groups excluding carboxylic acids is 1. The number of carbonyl (C=O) groups is 2. The summed E-state index contributed by atoms with van der Waals surface area (Å²) in [5.41, 5.74) is 0.669. The molecule has 1 aromatic carbocycles. The van der Waals surface area contributed by atoms with Gasteiger partial charge in [0, 0.05) is 19.6 Å². The molecule has 1 aliphatic heterocycles. The lowest BCUT2D eigenvalue weighted by Gasteiger charge is -2.40. The number of carboxylic acid groups (broad SMARTS) is 1. The second kappa shape index (κ2) is 6.52. The topological polar surface area (TPSA) is 69.6 Å². The molecule has 20 heavy (non-hydrogen) atoms. The highest BCUT2D eigenvalue weighted by Crippen LogP contribution is 2.26. The first-order chi connectivity index (χ1) is 9.63. The Bertz CT molecular complexity index is 453. The van der Waals surface area contributed by atoms with Crippen LogP contribution in [-0.4, -0.2) is 41.0 Å². The zero-order chi connectivity index (χ0) is 14.4. The van der Waals surface area contributed by atoms with E-state index in [0.717, 1.165) is 19.6 Å². The molecule has 1 amide bonds. The lowest BCUT2D eigenvalue weighted by molar-refractivity contribution is -0.139. The van der Waals surface area contributed by atoms with Crippen molar-refractivity contribution < 1.29 is 14.7 Å². The van der Waals surface area contributed by atoms with Crippen molar-refractivity contribution in [3.8, 4) is 0 Å². The highest BCUT2D eigenvalue weighted by molar-refractivity contribution is 5.69. The van der Waals surface area contributed by atoms with E-state index in [1.54, 1.807) is 0 Å². The van der Waals surface area contributed by atoms with Crippen molar-refractivity contribution >= 4 is 12.4 Å². The minimum absolute atomic E-state index is 0.00901. The molecule has 0 saturated carbocycles. The smallest absolute Gasteiger partial charge is 0.305 e. The van der Waals surface area contributed by atoms with Crippen molar-refractivity contribution in [3.05, 3.63) is 35.9 Å². The third-order valence-corrected chi connectivity index (χ3v) is 3.92. The Kier molecular flexibility index (Phi) is 4.74. The summed E-state index contributed by atoms with van der Waals surface area (Å²) in [5, 5.41) is 11.7. The van der Waals surface area contributed by atoms with Gasteiger partial charge in [0.25, 0.3) is 0 Å². The number of hydrogen-bond acceptors (Lipinski definition) is 3. The molecule has 0 atom stereocenters. The molecule has 0 spiro atoms. The number of benzene rings is 1. The van der Waals surface area contributed by atoms with Crippen LogP contribution in [0.1, 0.15) is 24.8 Å². The van der Waals surface area contributed by atoms with Gasteiger partial charge < -0.3 is 10.4 Å². The zero-order valence-corrected chi connectivity index (χ0v) is 11.4. The highest BCUT2D eigenvalue weighted by atomic mass is 16.4. The maximum Gasteiger partial charge on any atom is 0.305 e. The van der Waals surface area contributed by atoms with Crippen LogP contribution in [0.4, 0.5) is 0 Å². The van der Waals surface area contributed by atoms with E-state index in [4.69, 9.17) is 5.11 Å². The summed E-state index contributed by atoms with van der Waals surface area (Å²) in [5.74, 6) is -0.865. The van der Waals surface area contributed by atoms with Gasteiger partial charge in [0.15, 0.2) is 0 Å². The fraction of sp³-hybridized carbons (Fsp3) is 0.467. The molecule has 0 aliphatic carbocycles. The largest absolute Gasteiger partial charge is 0.481 e. The number of amides is 1. The van der Waals surface area contributed by atoms with Crippen LogP contribution in [0.5, 0.6) is 0 Å². The van der Waals surface area contributed by atoms with Gasteiger partial charge >= 0.3 is 5.97 Å². The number of carboxylic acids is 1. The Morgan fingerprint density at radius 2 is 1.95 bits per heavy atom. The van der Waals surface area contributed by atoms with Crippen molar-refractivity contribution in [1.29, 1.82) is 0 Å². The summed E-state index contributed by atoms with van der Waals surface area (Å²) < 4.78 is 0. The summed E-state index contributed by atoms with van der Waals surface area (Å²) >= 11 is 0. The number of likely N-dealkylation sites (tertiary alicyclic amines) is 1. The van der Waals surface area contributed by atoms with Crippen molar-refractivity contribution in [2.24, 2.45) is 0 Å². The number of rotatable bonds is 6. The Morgan fingerprint density at radius 3 is 2.50 bits per heavy atom. The average molecular weight is 276 g/mol. The van der Waals surface area contributed by atoms with E-state index in [9.17, 15) is 9.59 Å². The second-order valence-corrected chi connectivity index (χ2v) is 5.37. The molecule has 5 nitrogen and oxygen atoms in total. The maximum absolute atomic E-state index is 11.0. The average Bonchev–Trinajstić information content (AvgIpc) is 2.42. The number of piperidine rings is 1. The monoisotopic (exact) mass is 276 g/mol. The minimum atomic E-state index is -0.865. The number of aliphatic carboxylic acids is 1. The molecular formula is C15H20N2O3. The molecule has 2 N–H and O–H groups in total. The number of hydrogen-bond donors (Lipinski definition) is 2. The first-order valence-electron chi connectivity index (χ1n) is 6.83. The number of nitrogens with zero attached hydrogens (tertiary/aromatic N) is 1. The fourth-order valence-electron chi connectivity index (χ4n) is 2.77. The summed E-state index contributed by atoms with van der Waals surface area (Å²) in [6.45, 7) is 2.46. The normalized spacial score (nSPS) is 18.4. The maximum atomic E-state index is 11.0. The third kappa shape index (κ3) is 3.81. The van der Waals surface area contributed by atoms with E-state index in [-0.39, 0.29) is 6.42 Å². The molecule has 0 unspecified atom stereocenters. The van der Waals surface area contributed by atoms with Crippen molar-refractivity contribution in [1.82, 2.24) is 10.2 Å². The van der Waals surface area contributed by atoms with E-state index >= 15 is 0 Å². The van der Waals surface area contributed by atoms with E-state index in [1.165, 1.54) is 5.56 Å². The number of nitrogens with one attached hydrogen (secondary N) is 1. The molecule has 108 valence electrons. The minimum Gasteiger partial charge on any atom is -0.481 e. The van der Waals surface area contributed by atoms with Crippen LogP contribution < -0.4 is 5.32 Å². The molecule has 0 aromatic heterocycles. The molecule has 0 radical (unpaired) electrons. The standard InChI is InChI=1S/C15H20N2O3/c18-12-16-15(10-14(19)20)6-8-17(9-7-15)11-13-4-2-1-3-5-13/h1-5,12H,6-11H2,(H,16,18)(H,19,20). The molecule has 2 rings (SSSR count). The zero-order valence-electron chi connectivity index (χ0n) is 11.4.